The highest BCUT2D eigenvalue weighted by Crippen LogP contribution is 2.18. The lowest BCUT2D eigenvalue weighted by molar-refractivity contribution is -0.150. The molecule has 1 rings (SSSR count). The van der Waals surface area contributed by atoms with Crippen LogP contribution in [0.4, 0.5) is 0 Å². The minimum Gasteiger partial charge on any atom is -0.462 e. The lowest BCUT2D eigenvalue weighted by Gasteiger charge is -2.26. The third-order valence-corrected chi connectivity index (χ3v) is 14.7. The van der Waals surface area contributed by atoms with Crippen molar-refractivity contribution in [1.82, 2.24) is 19.4 Å². The van der Waals surface area contributed by atoms with Crippen LogP contribution < -0.4 is 0 Å². The quantitative estimate of drug-likeness (QED) is 0.0358. The average Bonchev–Trinajstić information content (AvgIpc) is 3.78. The molecule has 1 aromatic rings. The largest absolute Gasteiger partial charge is 0.462 e. The summed E-state index contributed by atoms with van der Waals surface area (Å²) in [6.45, 7) is 23.0. The Morgan fingerprint density at radius 1 is 0.423 bits per heavy atom. The SMILES string of the molecule is CCCCCC(CC)OC(=O)CCCCCCCCN(CCCCCCCCC(=O)OC(CC)CCCCC)CCCN(CCCCCCCCC(=O)OC(CC)CCCCC)CCCn1ccnc1C. The molecule has 416 valence electrons. The van der Waals surface area contributed by atoms with Crippen molar-refractivity contribution in [2.75, 3.05) is 39.3 Å². The molecule has 0 bridgehead atoms. The van der Waals surface area contributed by atoms with E-state index in [0.29, 0.717) is 19.3 Å². The van der Waals surface area contributed by atoms with Crippen LogP contribution in [-0.2, 0) is 35.1 Å². The van der Waals surface area contributed by atoms with Crippen LogP contribution in [0, 0.1) is 6.92 Å². The number of imidazole rings is 1. The van der Waals surface area contributed by atoms with Crippen molar-refractivity contribution in [3.63, 3.8) is 0 Å². The summed E-state index contributed by atoms with van der Waals surface area (Å²) >= 11 is 0. The molecule has 3 unspecified atom stereocenters. The maximum absolute atomic E-state index is 12.5. The van der Waals surface area contributed by atoms with E-state index in [2.05, 4.69) is 74.0 Å². The van der Waals surface area contributed by atoms with Gasteiger partial charge in [0.25, 0.3) is 0 Å². The maximum atomic E-state index is 12.5. The fourth-order valence-corrected chi connectivity index (χ4v) is 9.87. The minimum absolute atomic E-state index is 0.00490. The van der Waals surface area contributed by atoms with E-state index in [0.717, 1.165) is 154 Å². The molecule has 0 radical (unpaired) electrons. The topological polar surface area (TPSA) is 103 Å². The second kappa shape index (κ2) is 48.5. The van der Waals surface area contributed by atoms with Crippen LogP contribution in [0.1, 0.15) is 291 Å². The third kappa shape index (κ3) is 39.6. The predicted octanol–water partition coefficient (Wildman–Crippen LogP) is 16.5. The van der Waals surface area contributed by atoms with E-state index in [-0.39, 0.29) is 36.2 Å². The lowest BCUT2D eigenvalue weighted by atomic mass is 10.1. The molecular formula is C61H116N4O6. The summed E-state index contributed by atoms with van der Waals surface area (Å²) in [6.07, 6.45) is 45.6. The normalized spacial score (nSPS) is 13.0. The van der Waals surface area contributed by atoms with Crippen molar-refractivity contribution >= 4 is 17.9 Å². The summed E-state index contributed by atoms with van der Waals surface area (Å²) in [5, 5.41) is 0. The van der Waals surface area contributed by atoms with Crippen molar-refractivity contribution in [2.24, 2.45) is 0 Å². The highest BCUT2D eigenvalue weighted by Gasteiger charge is 2.15. The Morgan fingerprint density at radius 3 is 1.04 bits per heavy atom. The third-order valence-electron chi connectivity index (χ3n) is 14.7. The van der Waals surface area contributed by atoms with Gasteiger partial charge < -0.3 is 28.6 Å². The molecule has 0 saturated carbocycles. The zero-order chi connectivity index (χ0) is 51.8. The van der Waals surface area contributed by atoms with E-state index < -0.39 is 0 Å². The van der Waals surface area contributed by atoms with Crippen LogP contribution in [0.5, 0.6) is 0 Å². The first-order valence-electron chi connectivity index (χ1n) is 30.7. The fourth-order valence-electron chi connectivity index (χ4n) is 9.87. The van der Waals surface area contributed by atoms with E-state index in [1.807, 2.05) is 6.20 Å². The summed E-state index contributed by atoms with van der Waals surface area (Å²) in [6, 6.07) is 0. The number of carbonyl (C=O) groups excluding carboxylic acids is 3. The fraction of sp³-hybridized carbons (Fsp3) is 0.902. The van der Waals surface area contributed by atoms with Gasteiger partial charge in [-0.05, 0) is 155 Å². The van der Waals surface area contributed by atoms with Gasteiger partial charge in [-0.2, -0.15) is 0 Å². The molecular weight excluding hydrogens is 885 g/mol. The molecule has 0 spiro atoms. The molecule has 0 amide bonds. The van der Waals surface area contributed by atoms with Gasteiger partial charge in [-0.15, -0.1) is 0 Å². The number of esters is 3. The number of hydrogen-bond donors (Lipinski definition) is 0. The Labute approximate surface area is 439 Å². The number of rotatable bonds is 53. The van der Waals surface area contributed by atoms with Crippen LogP contribution in [0.2, 0.25) is 0 Å². The summed E-state index contributed by atoms with van der Waals surface area (Å²) in [5.41, 5.74) is 0. The van der Waals surface area contributed by atoms with Gasteiger partial charge in [0.15, 0.2) is 0 Å². The van der Waals surface area contributed by atoms with Gasteiger partial charge in [0.1, 0.15) is 24.1 Å². The molecule has 71 heavy (non-hydrogen) atoms. The van der Waals surface area contributed by atoms with Gasteiger partial charge in [-0.1, -0.05) is 157 Å². The Hall–Kier alpha value is -2.46. The standard InChI is InChI=1S/C61H116N4O6/c1-8-14-29-40-56(11-4)69-59(66)43-32-23-17-20-26-35-47-63(48-36-27-21-18-24-33-44-60(67)70-57(12-5)41-30-15-9-2)50-38-51-64(52-39-53-65-54-46-62-55(65)7)49-37-28-22-19-25-34-45-61(68)71-58(13-6)42-31-16-10-3/h46,54,56-58H,8-45,47-53H2,1-7H3. The van der Waals surface area contributed by atoms with Crippen LogP contribution in [-0.4, -0.2) is 94.8 Å². The molecule has 0 N–H and O–H groups in total. The first-order chi connectivity index (χ1) is 34.7. The summed E-state index contributed by atoms with van der Waals surface area (Å²) in [5.74, 6) is 1.08. The van der Waals surface area contributed by atoms with Crippen molar-refractivity contribution in [3.05, 3.63) is 18.2 Å². The lowest BCUT2D eigenvalue weighted by Crippen LogP contribution is -2.33. The monoisotopic (exact) mass is 1000 g/mol. The summed E-state index contributed by atoms with van der Waals surface area (Å²) < 4.78 is 19.6. The molecule has 1 aromatic heterocycles. The first-order valence-corrected chi connectivity index (χ1v) is 30.7. The minimum atomic E-state index is -0.00504. The molecule has 1 heterocycles. The molecule has 0 saturated heterocycles. The van der Waals surface area contributed by atoms with Crippen molar-refractivity contribution in [2.45, 2.75) is 317 Å². The van der Waals surface area contributed by atoms with Gasteiger partial charge >= 0.3 is 17.9 Å². The van der Waals surface area contributed by atoms with Gasteiger partial charge in [0.2, 0.25) is 0 Å². The summed E-state index contributed by atoms with van der Waals surface area (Å²) in [4.78, 5) is 47.4. The number of unbranched alkanes of at least 4 members (excludes halogenated alkanes) is 21. The highest BCUT2D eigenvalue weighted by molar-refractivity contribution is 5.70. The second-order valence-corrected chi connectivity index (χ2v) is 21.2. The first kappa shape index (κ1) is 66.6. The average molecular weight is 1000 g/mol. The second-order valence-electron chi connectivity index (χ2n) is 21.2. The maximum Gasteiger partial charge on any atom is 0.306 e. The van der Waals surface area contributed by atoms with Gasteiger partial charge in [-0.3, -0.25) is 14.4 Å². The van der Waals surface area contributed by atoms with Crippen LogP contribution in [0.15, 0.2) is 12.4 Å². The molecule has 0 aliphatic carbocycles. The highest BCUT2D eigenvalue weighted by atomic mass is 16.6. The van der Waals surface area contributed by atoms with Gasteiger partial charge in [0.05, 0.1) is 0 Å². The van der Waals surface area contributed by atoms with E-state index in [1.165, 1.54) is 122 Å². The van der Waals surface area contributed by atoms with Gasteiger partial charge in [0, 0.05) is 38.2 Å². The predicted molar refractivity (Wildman–Crippen MR) is 299 cm³/mol. The molecule has 0 fully saturated rings. The number of aryl methyl sites for hydroxylation is 2. The molecule has 0 aliphatic heterocycles. The number of aromatic nitrogens is 2. The van der Waals surface area contributed by atoms with E-state index >= 15 is 0 Å². The Morgan fingerprint density at radius 2 is 0.732 bits per heavy atom. The number of carbonyl (C=O) groups is 3. The zero-order valence-corrected chi connectivity index (χ0v) is 47.9. The van der Waals surface area contributed by atoms with Crippen molar-refractivity contribution in [3.8, 4) is 0 Å². The van der Waals surface area contributed by atoms with Crippen LogP contribution in [0.3, 0.4) is 0 Å². The molecule has 3 atom stereocenters. The smallest absolute Gasteiger partial charge is 0.306 e. The molecule has 10 nitrogen and oxygen atoms in total. The Balaban J connectivity index is 2.61. The van der Waals surface area contributed by atoms with Crippen LogP contribution in [0.25, 0.3) is 0 Å². The molecule has 10 heteroatoms. The van der Waals surface area contributed by atoms with Crippen molar-refractivity contribution < 1.29 is 28.6 Å². The number of ether oxygens (including phenoxy) is 3. The van der Waals surface area contributed by atoms with E-state index in [4.69, 9.17) is 14.2 Å². The van der Waals surface area contributed by atoms with E-state index in [9.17, 15) is 14.4 Å². The summed E-state index contributed by atoms with van der Waals surface area (Å²) in [7, 11) is 0. The molecule has 0 aromatic carbocycles. The van der Waals surface area contributed by atoms with Gasteiger partial charge in [-0.25, -0.2) is 4.98 Å². The van der Waals surface area contributed by atoms with Crippen LogP contribution >= 0.6 is 0 Å². The zero-order valence-electron chi connectivity index (χ0n) is 47.9. The Bertz CT molecular complexity index is 1310. The van der Waals surface area contributed by atoms with E-state index in [1.54, 1.807) is 0 Å². The molecule has 0 aliphatic rings. The Kier molecular flexibility index (Phi) is 45.4. The number of nitrogens with zero attached hydrogens (tertiary/aromatic N) is 4. The number of hydrogen-bond acceptors (Lipinski definition) is 9. The van der Waals surface area contributed by atoms with Crippen molar-refractivity contribution in [1.29, 1.82) is 0 Å².